The Labute approximate surface area is 158 Å². The fourth-order valence-corrected chi connectivity index (χ4v) is 3.67. The average molecular weight is 380 g/mol. The molecule has 27 heavy (non-hydrogen) atoms. The van der Waals surface area contributed by atoms with Gasteiger partial charge in [0.25, 0.3) is 5.56 Å². The summed E-state index contributed by atoms with van der Waals surface area (Å²) < 4.78 is 7.09. The van der Waals surface area contributed by atoms with Crippen molar-refractivity contribution in [2.24, 2.45) is 0 Å². The second-order valence-electron chi connectivity index (χ2n) is 5.94. The number of amides is 1. The molecular formula is C19H16N4O3S. The predicted molar refractivity (Wildman–Crippen MR) is 102 cm³/mol. The number of nitrogens with zero attached hydrogens (tertiary/aromatic N) is 3. The molecule has 3 heterocycles. The second kappa shape index (κ2) is 7.16. The van der Waals surface area contributed by atoms with Gasteiger partial charge in [0.15, 0.2) is 5.52 Å². The molecule has 1 aromatic carbocycles. The highest BCUT2D eigenvalue weighted by Crippen LogP contribution is 2.29. The first-order valence-corrected chi connectivity index (χ1v) is 9.16. The van der Waals surface area contributed by atoms with Crippen molar-refractivity contribution in [2.45, 2.75) is 20.0 Å². The van der Waals surface area contributed by atoms with Crippen molar-refractivity contribution in [2.75, 3.05) is 0 Å². The Morgan fingerprint density at radius 3 is 2.78 bits per heavy atom. The van der Waals surface area contributed by atoms with Crippen LogP contribution < -0.4 is 10.9 Å². The van der Waals surface area contributed by atoms with Crippen LogP contribution >= 0.6 is 11.3 Å². The van der Waals surface area contributed by atoms with Crippen LogP contribution in [0.2, 0.25) is 0 Å². The van der Waals surface area contributed by atoms with E-state index in [1.165, 1.54) is 22.3 Å². The number of furan rings is 1. The number of carbonyl (C=O) groups excluding carboxylic acids is 1. The molecule has 1 amide bonds. The molecule has 0 spiro atoms. The molecule has 0 aliphatic rings. The van der Waals surface area contributed by atoms with Gasteiger partial charge < -0.3 is 9.73 Å². The lowest BCUT2D eigenvalue weighted by Crippen LogP contribution is -2.33. The van der Waals surface area contributed by atoms with Crippen molar-refractivity contribution in [3.8, 4) is 11.3 Å². The summed E-state index contributed by atoms with van der Waals surface area (Å²) >= 11 is 1.42. The lowest BCUT2D eigenvalue weighted by Gasteiger charge is -2.09. The molecule has 0 radical (unpaired) electrons. The molecule has 136 valence electrons. The van der Waals surface area contributed by atoms with Crippen LogP contribution in [-0.2, 0) is 17.9 Å². The molecule has 0 saturated carbocycles. The standard InChI is InChI=1S/C19H16N4O3S/c1-12-21-17-18(27-12)16(13-6-3-2-4-7-13)22-23(19(17)25)11-15(24)20-10-14-8-5-9-26-14/h2-9H,10-11H2,1H3,(H,20,24). The number of hydrogen-bond donors (Lipinski definition) is 1. The minimum Gasteiger partial charge on any atom is -0.467 e. The van der Waals surface area contributed by atoms with Crippen LogP contribution in [0, 0.1) is 6.92 Å². The summed E-state index contributed by atoms with van der Waals surface area (Å²) in [7, 11) is 0. The molecule has 0 saturated heterocycles. The number of hydrogen-bond acceptors (Lipinski definition) is 6. The highest BCUT2D eigenvalue weighted by molar-refractivity contribution is 7.19. The normalized spacial score (nSPS) is 11.0. The topological polar surface area (TPSA) is 90.0 Å². The van der Waals surface area contributed by atoms with Gasteiger partial charge in [0.05, 0.1) is 22.5 Å². The van der Waals surface area contributed by atoms with Crippen LogP contribution in [0.1, 0.15) is 10.8 Å². The number of aromatic nitrogens is 3. The molecule has 0 fully saturated rings. The molecule has 7 nitrogen and oxygen atoms in total. The zero-order chi connectivity index (χ0) is 18.8. The molecule has 0 atom stereocenters. The van der Waals surface area contributed by atoms with Crippen molar-refractivity contribution >= 4 is 27.5 Å². The van der Waals surface area contributed by atoms with E-state index in [0.717, 1.165) is 15.3 Å². The van der Waals surface area contributed by atoms with Crippen molar-refractivity contribution in [3.63, 3.8) is 0 Å². The van der Waals surface area contributed by atoms with E-state index in [2.05, 4.69) is 15.4 Å². The summed E-state index contributed by atoms with van der Waals surface area (Å²) in [6.45, 7) is 1.91. The number of rotatable bonds is 5. The smallest absolute Gasteiger partial charge is 0.294 e. The zero-order valence-corrected chi connectivity index (χ0v) is 15.3. The van der Waals surface area contributed by atoms with Crippen LogP contribution in [0.3, 0.4) is 0 Å². The summed E-state index contributed by atoms with van der Waals surface area (Å²) in [5.41, 5.74) is 1.48. The van der Waals surface area contributed by atoms with E-state index < -0.39 is 0 Å². The Morgan fingerprint density at radius 1 is 1.22 bits per heavy atom. The second-order valence-corrected chi connectivity index (χ2v) is 7.15. The molecule has 4 rings (SSSR count). The van der Waals surface area contributed by atoms with E-state index >= 15 is 0 Å². The van der Waals surface area contributed by atoms with Gasteiger partial charge in [0.2, 0.25) is 5.91 Å². The maximum Gasteiger partial charge on any atom is 0.294 e. The summed E-state index contributed by atoms with van der Waals surface area (Å²) in [4.78, 5) is 29.4. The maximum atomic E-state index is 12.7. The minimum atomic E-state index is -0.373. The molecule has 0 unspecified atom stereocenters. The van der Waals surface area contributed by atoms with Gasteiger partial charge in [-0.1, -0.05) is 30.3 Å². The van der Waals surface area contributed by atoms with Gasteiger partial charge in [0, 0.05) is 5.56 Å². The van der Waals surface area contributed by atoms with Gasteiger partial charge in [-0.25, -0.2) is 9.67 Å². The van der Waals surface area contributed by atoms with E-state index in [0.29, 0.717) is 17.0 Å². The Bertz CT molecular complexity index is 1150. The Morgan fingerprint density at radius 2 is 2.04 bits per heavy atom. The third-order valence-corrected chi connectivity index (χ3v) is 4.96. The summed E-state index contributed by atoms with van der Waals surface area (Å²) in [6, 6.07) is 13.1. The molecule has 0 aliphatic heterocycles. The van der Waals surface area contributed by atoms with Crippen LogP contribution in [0.15, 0.2) is 57.9 Å². The van der Waals surface area contributed by atoms with Gasteiger partial charge in [-0.3, -0.25) is 9.59 Å². The lowest BCUT2D eigenvalue weighted by molar-refractivity contribution is -0.122. The maximum absolute atomic E-state index is 12.7. The first-order valence-electron chi connectivity index (χ1n) is 8.34. The van der Waals surface area contributed by atoms with Crippen LogP contribution in [0.25, 0.3) is 21.5 Å². The van der Waals surface area contributed by atoms with E-state index in [4.69, 9.17) is 4.42 Å². The monoisotopic (exact) mass is 380 g/mol. The van der Waals surface area contributed by atoms with Crippen molar-refractivity contribution in [3.05, 3.63) is 69.8 Å². The first kappa shape index (κ1) is 17.2. The number of aryl methyl sites for hydroxylation is 1. The predicted octanol–water partition coefficient (Wildman–Crippen LogP) is 2.74. The Hall–Kier alpha value is -3.26. The highest BCUT2D eigenvalue weighted by atomic mass is 32.1. The molecule has 8 heteroatoms. The van der Waals surface area contributed by atoms with E-state index in [-0.39, 0.29) is 24.6 Å². The van der Waals surface area contributed by atoms with Crippen LogP contribution in [0.4, 0.5) is 0 Å². The lowest BCUT2D eigenvalue weighted by atomic mass is 10.1. The van der Waals surface area contributed by atoms with Gasteiger partial charge in [-0.2, -0.15) is 5.10 Å². The SMILES string of the molecule is Cc1nc2c(=O)n(CC(=O)NCc3ccco3)nc(-c3ccccc3)c2s1. The summed E-state index contributed by atoms with van der Waals surface area (Å²) in [5, 5.41) is 7.96. The minimum absolute atomic E-state index is 0.189. The molecule has 1 N–H and O–H groups in total. The Balaban J connectivity index is 1.69. The van der Waals surface area contributed by atoms with Crippen LogP contribution in [0.5, 0.6) is 0 Å². The first-order chi connectivity index (χ1) is 13.1. The molecule has 3 aromatic heterocycles. The quantitative estimate of drug-likeness (QED) is 0.575. The van der Waals surface area contributed by atoms with Gasteiger partial charge >= 0.3 is 0 Å². The Kier molecular flexibility index (Phi) is 4.55. The van der Waals surface area contributed by atoms with E-state index in [9.17, 15) is 9.59 Å². The number of nitrogens with one attached hydrogen (secondary N) is 1. The van der Waals surface area contributed by atoms with Gasteiger partial charge in [-0.05, 0) is 19.1 Å². The summed E-state index contributed by atoms with van der Waals surface area (Å²) in [6.07, 6.45) is 1.54. The number of thiazole rings is 1. The summed E-state index contributed by atoms with van der Waals surface area (Å²) in [5.74, 6) is 0.311. The van der Waals surface area contributed by atoms with Crippen LogP contribution in [-0.4, -0.2) is 20.7 Å². The molecule has 0 bridgehead atoms. The number of fused-ring (bicyclic) bond motifs is 1. The zero-order valence-electron chi connectivity index (χ0n) is 14.5. The molecular weight excluding hydrogens is 364 g/mol. The molecule has 0 aliphatic carbocycles. The highest BCUT2D eigenvalue weighted by Gasteiger charge is 2.17. The van der Waals surface area contributed by atoms with Crippen molar-refractivity contribution < 1.29 is 9.21 Å². The third kappa shape index (κ3) is 3.52. The van der Waals surface area contributed by atoms with Crippen molar-refractivity contribution in [1.29, 1.82) is 0 Å². The molecule has 4 aromatic rings. The number of benzene rings is 1. The van der Waals surface area contributed by atoms with E-state index in [1.54, 1.807) is 12.1 Å². The fraction of sp³-hybridized carbons (Fsp3) is 0.158. The van der Waals surface area contributed by atoms with E-state index in [1.807, 2.05) is 37.3 Å². The van der Waals surface area contributed by atoms with Gasteiger partial charge in [-0.15, -0.1) is 11.3 Å². The number of carbonyl (C=O) groups is 1. The average Bonchev–Trinajstić information content (AvgIpc) is 3.32. The van der Waals surface area contributed by atoms with Crippen molar-refractivity contribution in [1.82, 2.24) is 20.1 Å². The largest absolute Gasteiger partial charge is 0.467 e. The third-order valence-electron chi connectivity index (χ3n) is 3.99. The fourth-order valence-electron chi connectivity index (χ4n) is 2.75. The van der Waals surface area contributed by atoms with Gasteiger partial charge in [0.1, 0.15) is 18.0 Å².